The zero-order valence-corrected chi connectivity index (χ0v) is 26.3. The van der Waals surface area contributed by atoms with Gasteiger partial charge in [-0.15, -0.1) is 11.8 Å². The van der Waals surface area contributed by atoms with Crippen LogP contribution in [0.4, 0.5) is 5.69 Å². The van der Waals surface area contributed by atoms with Gasteiger partial charge in [-0.2, -0.15) is 11.3 Å². The van der Waals surface area contributed by atoms with E-state index in [1.165, 1.54) is 17.5 Å². The third-order valence-electron chi connectivity index (χ3n) is 6.94. The number of aliphatic carboxylic acids is 1. The Morgan fingerprint density at radius 1 is 1.05 bits per heavy atom. The summed E-state index contributed by atoms with van der Waals surface area (Å²) in [5, 5.41) is 21.4. The van der Waals surface area contributed by atoms with Crippen LogP contribution in [-0.4, -0.2) is 51.9 Å². The van der Waals surface area contributed by atoms with Crippen molar-refractivity contribution in [2.24, 2.45) is 0 Å². The molecule has 1 aromatic carbocycles. The van der Waals surface area contributed by atoms with E-state index in [1.54, 1.807) is 29.2 Å². The lowest BCUT2D eigenvalue weighted by Gasteiger charge is -2.28. The third-order valence-corrected chi connectivity index (χ3v) is 9.36. The van der Waals surface area contributed by atoms with Crippen LogP contribution in [0, 0.1) is 6.92 Å². The smallest absolute Gasteiger partial charge is 0.303 e. The number of carboxylic acid groups (broad SMARTS) is 1. The number of carbonyl (C=O) groups excluding carboxylic acids is 3. The lowest BCUT2D eigenvalue weighted by Crippen LogP contribution is -2.48. The number of thiophene rings is 1. The standard InChI is InChI=1S/C31H45N3O5S2/c1-5-7-8-15-31(4,14-6-2)41-21-28(36)32-18-27(35)34-26(12-13-29(37)38)30(39)33-25-11-9-10-23(17-25)16-24-20-40-19-22(24)3/h9-11,17,19-20,26H,5-8,12-16,18,21H2,1-4H3,(H,32,36)(H,33,39)(H,34,35)(H,37,38)/t26-,31?/m0/s1. The van der Waals surface area contributed by atoms with E-state index in [1.807, 2.05) is 18.2 Å². The molecule has 1 heterocycles. The number of hydrogen-bond donors (Lipinski definition) is 4. The molecule has 0 saturated carbocycles. The predicted octanol–water partition coefficient (Wildman–Crippen LogP) is 5.92. The molecule has 8 nitrogen and oxygen atoms in total. The Labute approximate surface area is 252 Å². The van der Waals surface area contributed by atoms with Crippen LogP contribution in [0.5, 0.6) is 0 Å². The fourth-order valence-electron chi connectivity index (χ4n) is 4.58. The summed E-state index contributed by atoms with van der Waals surface area (Å²) in [6.45, 7) is 8.28. The summed E-state index contributed by atoms with van der Waals surface area (Å²) in [5.74, 6) is -2.11. The molecule has 4 N–H and O–H groups in total. The molecule has 0 aliphatic carbocycles. The molecule has 1 aromatic heterocycles. The van der Waals surface area contributed by atoms with Crippen LogP contribution in [0.25, 0.3) is 0 Å². The predicted molar refractivity (Wildman–Crippen MR) is 169 cm³/mol. The number of hydrogen-bond acceptors (Lipinski definition) is 6. The summed E-state index contributed by atoms with van der Waals surface area (Å²) in [6.07, 6.45) is 6.92. The third kappa shape index (κ3) is 13.1. The van der Waals surface area contributed by atoms with Crippen LogP contribution < -0.4 is 16.0 Å². The van der Waals surface area contributed by atoms with Gasteiger partial charge >= 0.3 is 5.97 Å². The van der Waals surface area contributed by atoms with Crippen molar-refractivity contribution in [3.8, 4) is 0 Å². The van der Waals surface area contributed by atoms with Gasteiger partial charge in [0.2, 0.25) is 17.7 Å². The number of aryl methyl sites for hydroxylation is 1. The molecule has 0 aliphatic heterocycles. The van der Waals surface area contributed by atoms with Crippen molar-refractivity contribution in [1.29, 1.82) is 0 Å². The van der Waals surface area contributed by atoms with Crippen LogP contribution >= 0.6 is 23.1 Å². The van der Waals surface area contributed by atoms with Gasteiger partial charge in [-0.1, -0.05) is 58.6 Å². The SMILES string of the molecule is CCCCCC(C)(CCC)SCC(=O)NCC(=O)N[C@@H](CCC(=O)O)C(=O)Nc1cccc(Cc2cscc2C)c1. The number of thioether (sulfide) groups is 1. The average Bonchev–Trinajstić information content (AvgIpc) is 3.33. The van der Waals surface area contributed by atoms with Gasteiger partial charge in [0.05, 0.1) is 12.3 Å². The number of nitrogens with one attached hydrogen (secondary N) is 3. The number of anilines is 1. The highest BCUT2D eigenvalue weighted by Gasteiger charge is 2.25. The van der Waals surface area contributed by atoms with E-state index in [2.05, 4.69) is 54.4 Å². The van der Waals surface area contributed by atoms with Gasteiger partial charge in [0, 0.05) is 16.9 Å². The average molecular weight is 604 g/mol. The second-order valence-electron chi connectivity index (χ2n) is 10.7. The lowest BCUT2D eigenvalue weighted by molar-refractivity contribution is -0.137. The largest absolute Gasteiger partial charge is 0.481 e. The summed E-state index contributed by atoms with van der Waals surface area (Å²) in [6, 6.07) is 6.40. The molecule has 0 bridgehead atoms. The van der Waals surface area contributed by atoms with Crippen molar-refractivity contribution in [3.05, 3.63) is 51.7 Å². The Morgan fingerprint density at radius 2 is 1.83 bits per heavy atom. The van der Waals surface area contributed by atoms with E-state index < -0.39 is 23.8 Å². The fraction of sp³-hybridized carbons (Fsp3) is 0.548. The molecule has 0 fully saturated rings. The van der Waals surface area contributed by atoms with E-state index in [0.717, 1.165) is 44.1 Å². The maximum absolute atomic E-state index is 13.1. The van der Waals surface area contributed by atoms with Gasteiger partial charge in [-0.05, 0) is 72.2 Å². The Morgan fingerprint density at radius 3 is 2.49 bits per heavy atom. The van der Waals surface area contributed by atoms with Crippen LogP contribution in [-0.2, 0) is 25.6 Å². The molecule has 1 unspecified atom stereocenters. The highest BCUT2D eigenvalue weighted by molar-refractivity contribution is 8.01. The Bertz CT molecular complexity index is 1150. The van der Waals surface area contributed by atoms with Gasteiger partial charge in [-0.3, -0.25) is 19.2 Å². The number of carbonyl (C=O) groups is 4. The van der Waals surface area contributed by atoms with Gasteiger partial charge in [-0.25, -0.2) is 0 Å². The van der Waals surface area contributed by atoms with Crippen LogP contribution in [0.1, 0.15) is 88.8 Å². The van der Waals surface area contributed by atoms with Crippen LogP contribution in [0.3, 0.4) is 0 Å². The highest BCUT2D eigenvalue weighted by atomic mass is 32.2. The second-order valence-corrected chi connectivity index (χ2v) is 13.0. The van der Waals surface area contributed by atoms with Crippen molar-refractivity contribution in [3.63, 3.8) is 0 Å². The Hall–Kier alpha value is -2.85. The van der Waals surface area contributed by atoms with E-state index >= 15 is 0 Å². The van der Waals surface area contributed by atoms with Gasteiger partial charge in [0.15, 0.2) is 0 Å². The van der Waals surface area contributed by atoms with E-state index in [0.29, 0.717) is 5.69 Å². The minimum atomic E-state index is -1.07. The topological polar surface area (TPSA) is 125 Å². The first-order valence-corrected chi connectivity index (χ1v) is 16.3. The first-order chi connectivity index (χ1) is 19.5. The number of unbranched alkanes of at least 4 members (excludes halogenated alkanes) is 2. The molecule has 41 heavy (non-hydrogen) atoms. The quantitative estimate of drug-likeness (QED) is 0.148. The summed E-state index contributed by atoms with van der Waals surface area (Å²) >= 11 is 3.27. The second kappa shape index (κ2) is 17.9. The molecule has 2 aromatic rings. The molecule has 3 amide bonds. The monoisotopic (exact) mass is 603 g/mol. The van der Waals surface area contributed by atoms with E-state index in [-0.39, 0.29) is 35.8 Å². The van der Waals surface area contributed by atoms with Crippen LogP contribution in [0.2, 0.25) is 0 Å². The maximum atomic E-state index is 13.1. The fourth-order valence-corrected chi connectivity index (χ4v) is 6.65. The molecule has 10 heteroatoms. The van der Waals surface area contributed by atoms with Crippen molar-refractivity contribution in [2.45, 2.75) is 96.3 Å². The summed E-state index contributed by atoms with van der Waals surface area (Å²) in [4.78, 5) is 49.4. The molecule has 2 atom stereocenters. The molecule has 0 radical (unpaired) electrons. The minimum Gasteiger partial charge on any atom is -0.481 e. The molecular formula is C31H45N3O5S2. The first-order valence-electron chi connectivity index (χ1n) is 14.4. The zero-order chi connectivity index (χ0) is 30.3. The van der Waals surface area contributed by atoms with Crippen molar-refractivity contribution >= 4 is 52.5 Å². The molecular weight excluding hydrogens is 558 g/mol. The zero-order valence-electron chi connectivity index (χ0n) is 24.7. The number of rotatable bonds is 19. The normalized spacial score (nSPS) is 13.2. The number of amides is 3. The van der Waals surface area contributed by atoms with Crippen molar-refractivity contribution in [1.82, 2.24) is 10.6 Å². The number of carboxylic acids is 1. The first kappa shape index (κ1) is 34.4. The van der Waals surface area contributed by atoms with E-state index in [9.17, 15) is 19.2 Å². The van der Waals surface area contributed by atoms with Crippen molar-refractivity contribution in [2.75, 3.05) is 17.6 Å². The Kier molecular flexibility index (Phi) is 15.0. The van der Waals surface area contributed by atoms with E-state index in [4.69, 9.17) is 5.11 Å². The summed E-state index contributed by atoms with van der Waals surface area (Å²) in [7, 11) is 0. The lowest BCUT2D eigenvalue weighted by atomic mass is 9.97. The molecule has 0 saturated heterocycles. The Balaban J connectivity index is 1.92. The number of benzene rings is 1. The van der Waals surface area contributed by atoms with Gasteiger partial charge < -0.3 is 21.1 Å². The van der Waals surface area contributed by atoms with Crippen molar-refractivity contribution < 1.29 is 24.3 Å². The maximum Gasteiger partial charge on any atom is 0.303 e. The minimum absolute atomic E-state index is 0.0172. The summed E-state index contributed by atoms with van der Waals surface area (Å²) < 4.78 is 0.0172. The van der Waals surface area contributed by atoms with Gasteiger partial charge in [0.1, 0.15) is 6.04 Å². The molecule has 226 valence electrons. The summed E-state index contributed by atoms with van der Waals surface area (Å²) in [5.41, 5.74) is 4.02. The highest BCUT2D eigenvalue weighted by Crippen LogP contribution is 2.35. The molecule has 0 aliphatic rings. The van der Waals surface area contributed by atoms with Crippen LogP contribution in [0.15, 0.2) is 35.0 Å². The molecule has 2 rings (SSSR count). The van der Waals surface area contributed by atoms with Gasteiger partial charge in [0.25, 0.3) is 0 Å². The molecule has 0 spiro atoms.